The first kappa shape index (κ1) is 39.2. The first-order valence-corrected chi connectivity index (χ1v) is 19.6. The molecule has 7 rings (SSSR count). The SMILES string of the molecule is Nc1ccccc1NC(=O)CCCC(=O)NCc1ccccc1-c1ccc([C@H]2O[C@@H](CSc3nnnn3-c3ccc(O)cc3)C[C@@H](c3ccc(CO)cc3)O2)cc1. The first-order valence-electron chi connectivity index (χ1n) is 18.6. The topological polar surface area (TPSA) is 187 Å². The van der Waals surface area contributed by atoms with Crippen LogP contribution in [-0.4, -0.2) is 54.1 Å². The van der Waals surface area contributed by atoms with Crippen molar-refractivity contribution in [3.05, 3.63) is 144 Å². The number of nitrogen functional groups attached to an aromatic ring is 1. The number of aromatic hydroxyl groups is 1. The molecule has 6 aromatic rings. The second kappa shape index (κ2) is 18.7. The quantitative estimate of drug-likeness (QED) is 0.0540. The Morgan fingerprint density at radius 1 is 0.842 bits per heavy atom. The van der Waals surface area contributed by atoms with Crippen molar-refractivity contribution in [1.29, 1.82) is 0 Å². The number of nitrogens with one attached hydrogen (secondary N) is 2. The van der Waals surface area contributed by atoms with E-state index in [2.05, 4.69) is 26.2 Å². The predicted molar refractivity (Wildman–Crippen MR) is 217 cm³/mol. The van der Waals surface area contributed by atoms with Gasteiger partial charge < -0.3 is 36.1 Å². The van der Waals surface area contributed by atoms with Crippen LogP contribution in [0.2, 0.25) is 0 Å². The summed E-state index contributed by atoms with van der Waals surface area (Å²) in [7, 11) is 0. The molecule has 0 spiro atoms. The Labute approximate surface area is 334 Å². The summed E-state index contributed by atoms with van der Waals surface area (Å²) in [5.41, 5.74) is 13.3. The third-order valence-corrected chi connectivity index (χ3v) is 10.6. The van der Waals surface area contributed by atoms with E-state index >= 15 is 0 Å². The number of nitrogens with zero attached hydrogens (tertiary/aromatic N) is 4. The summed E-state index contributed by atoms with van der Waals surface area (Å²) in [5.74, 6) is 0.384. The first-order chi connectivity index (χ1) is 27.8. The number of aromatic nitrogens is 4. The van der Waals surface area contributed by atoms with Crippen LogP contribution >= 0.6 is 11.8 Å². The molecule has 0 radical (unpaired) electrons. The molecule has 6 N–H and O–H groups in total. The minimum absolute atomic E-state index is 0.0411. The number of phenolic OH excluding ortho intramolecular Hbond substituents is 1. The van der Waals surface area contributed by atoms with Gasteiger partial charge in [-0.1, -0.05) is 96.7 Å². The zero-order valence-electron chi connectivity index (χ0n) is 31.0. The largest absolute Gasteiger partial charge is 0.508 e. The van der Waals surface area contributed by atoms with Crippen LogP contribution in [-0.2, 0) is 32.2 Å². The van der Waals surface area contributed by atoms with Crippen LogP contribution < -0.4 is 16.4 Å². The van der Waals surface area contributed by atoms with Crippen molar-refractivity contribution in [2.24, 2.45) is 0 Å². The number of rotatable bonds is 15. The summed E-state index contributed by atoms with van der Waals surface area (Å²) >= 11 is 1.47. The molecule has 57 heavy (non-hydrogen) atoms. The molecule has 292 valence electrons. The van der Waals surface area contributed by atoms with E-state index in [0.29, 0.717) is 41.7 Å². The van der Waals surface area contributed by atoms with Crippen LogP contribution in [0.3, 0.4) is 0 Å². The minimum Gasteiger partial charge on any atom is -0.508 e. The second-order valence-corrected chi connectivity index (χ2v) is 14.6. The van der Waals surface area contributed by atoms with Crippen LogP contribution in [0.5, 0.6) is 5.75 Å². The summed E-state index contributed by atoms with van der Waals surface area (Å²) in [6, 6.07) is 37.4. The van der Waals surface area contributed by atoms with Gasteiger partial charge in [0.25, 0.3) is 0 Å². The lowest BCUT2D eigenvalue weighted by Gasteiger charge is -2.36. The lowest BCUT2D eigenvalue weighted by Crippen LogP contribution is -2.31. The third-order valence-electron chi connectivity index (χ3n) is 9.58. The van der Waals surface area contributed by atoms with E-state index in [1.807, 2.05) is 72.8 Å². The summed E-state index contributed by atoms with van der Waals surface area (Å²) in [6.45, 7) is 0.297. The zero-order valence-corrected chi connectivity index (χ0v) is 31.8. The van der Waals surface area contributed by atoms with Crippen LogP contribution in [0.25, 0.3) is 16.8 Å². The standard InChI is InChI=1S/C43H43N7O6S/c44-37-8-3-4-9-38(37)46-41(54)11-5-10-40(53)45-25-32-6-1-2-7-36(32)29-16-18-31(19-17-29)42-55-35(24-39(56-42)30-14-12-28(26-51)13-15-30)27-57-43-47-48-49-50(43)33-20-22-34(52)23-21-33/h1-4,6-9,12-23,35,39,42,51-52H,5,10-11,24-27,44H2,(H,45,53)(H,46,54)/t35-,39+,42+/m1/s1. The molecule has 0 unspecified atom stereocenters. The second-order valence-electron chi connectivity index (χ2n) is 13.6. The van der Waals surface area contributed by atoms with Gasteiger partial charge in [-0.3, -0.25) is 9.59 Å². The maximum absolute atomic E-state index is 12.7. The molecule has 0 bridgehead atoms. The molecule has 1 aromatic heterocycles. The number of nitrogens with two attached hydrogens (primary N) is 1. The van der Waals surface area contributed by atoms with Gasteiger partial charge in [0.1, 0.15) is 5.75 Å². The number of thioether (sulfide) groups is 1. The number of phenols is 1. The number of tetrazole rings is 1. The molecule has 1 saturated heterocycles. The molecule has 13 nitrogen and oxygen atoms in total. The van der Waals surface area contributed by atoms with E-state index in [0.717, 1.165) is 39.1 Å². The van der Waals surface area contributed by atoms with Crippen molar-refractivity contribution in [2.75, 3.05) is 16.8 Å². The van der Waals surface area contributed by atoms with Crippen LogP contribution in [0.15, 0.2) is 126 Å². The van der Waals surface area contributed by atoms with Crippen LogP contribution in [0, 0.1) is 0 Å². The van der Waals surface area contributed by atoms with Crippen molar-refractivity contribution in [2.45, 2.75) is 62.5 Å². The molecule has 3 atom stereocenters. The van der Waals surface area contributed by atoms with Gasteiger partial charge in [-0.15, -0.1) is 5.10 Å². The van der Waals surface area contributed by atoms with Gasteiger partial charge in [0.15, 0.2) is 6.29 Å². The molecule has 0 saturated carbocycles. The Morgan fingerprint density at radius 3 is 2.33 bits per heavy atom. The molecular formula is C43H43N7O6S. The number of hydrogen-bond donors (Lipinski definition) is 5. The molecule has 14 heteroatoms. The highest BCUT2D eigenvalue weighted by Gasteiger charge is 2.33. The predicted octanol–water partition coefficient (Wildman–Crippen LogP) is 6.87. The van der Waals surface area contributed by atoms with E-state index in [9.17, 15) is 19.8 Å². The fourth-order valence-corrected chi connectivity index (χ4v) is 7.41. The summed E-state index contributed by atoms with van der Waals surface area (Å²) < 4.78 is 14.8. The number of anilines is 2. The zero-order chi connectivity index (χ0) is 39.6. The lowest BCUT2D eigenvalue weighted by molar-refractivity contribution is -0.245. The number of para-hydroxylation sites is 2. The van der Waals surface area contributed by atoms with Crippen LogP contribution in [0.1, 0.15) is 60.3 Å². The average Bonchev–Trinajstić information content (AvgIpc) is 3.72. The fourth-order valence-electron chi connectivity index (χ4n) is 6.51. The van der Waals surface area contributed by atoms with Crippen molar-refractivity contribution in [3.8, 4) is 22.6 Å². The molecule has 1 fully saturated rings. The van der Waals surface area contributed by atoms with Gasteiger partial charge in [0, 0.05) is 37.1 Å². The van der Waals surface area contributed by atoms with Gasteiger partial charge >= 0.3 is 0 Å². The van der Waals surface area contributed by atoms with Crippen molar-refractivity contribution < 1.29 is 29.3 Å². The minimum atomic E-state index is -0.657. The van der Waals surface area contributed by atoms with Crippen molar-refractivity contribution in [1.82, 2.24) is 25.5 Å². The number of amides is 2. The molecule has 1 aliphatic rings. The Balaban J connectivity index is 0.992. The molecule has 2 amide bonds. The summed E-state index contributed by atoms with van der Waals surface area (Å²) in [4.78, 5) is 25.1. The highest BCUT2D eigenvalue weighted by atomic mass is 32.2. The number of ether oxygens (including phenoxy) is 2. The van der Waals surface area contributed by atoms with Gasteiger partial charge in [0.2, 0.25) is 17.0 Å². The Kier molecular flexibility index (Phi) is 12.9. The Bertz CT molecular complexity index is 2270. The molecular weight excluding hydrogens is 743 g/mol. The normalized spacial score (nSPS) is 16.5. The summed E-state index contributed by atoms with van der Waals surface area (Å²) in [5, 5.41) is 38.0. The highest BCUT2D eigenvalue weighted by Crippen LogP contribution is 2.40. The van der Waals surface area contributed by atoms with Crippen molar-refractivity contribution in [3.63, 3.8) is 0 Å². The average molecular weight is 786 g/mol. The van der Waals surface area contributed by atoms with Gasteiger partial charge in [0.05, 0.1) is 35.9 Å². The molecule has 5 aromatic carbocycles. The van der Waals surface area contributed by atoms with E-state index < -0.39 is 6.29 Å². The number of carbonyl (C=O) groups excluding carboxylic acids is 2. The van der Waals surface area contributed by atoms with Crippen molar-refractivity contribution >= 4 is 35.0 Å². The maximum atomic E-state index is 12.7. The number of hydrogen-bond acceptors (Lipinski definition) is 11. The number of carbonyl (C=O) groups is 2. The monoisotopic (exact) mass is 785 g/mol. The number of aliphatic hydroxyl groups is 1. The van der Waals surface area contributed by atoms with E-state index in [1.54, 1.807) is 53.2 Å². The van der Waals surface area contributed by atoms with Gasteiger partial charge in [-0.25, -0.2) is 0 Å². The number of benzene rings is 5. The van der Waals surface area contributed by atoms with Crippen LogP contribution in [0.4, 0.5) is 11.4 Å². The van der Waals surface area contributed by atoms with Gasteiger partial charge in [-0.2, -0.15) is 4.68 Å². The smallest absolute Gasteiger partial charge is 0.224 e. The third kappa shape index (κ3) is 10.2. The number of aliphatic hydroxyl groups excluding tert-OH is 1. The molecule has 0 aliphatic carbocycles. The lowest BCUT2D eigenvalue weighted by atomic mass is 9.97. The Morgan fingerprint density at radius 2 is 1.56 bits per heavy atom. The highest BCUT2D eigenvalue weighted by molar-refractivity contribution is 7.99. The Hall–Kier alpha value is -6.06. The van der Waals surface area contributed by atoms with Gasteiger partial charge in [-0.05, 0) is 81.1 Å². The van der Waals surface area contributed by atoms with E-state index in [-0.39, 0.29) is 49.2 Å². The molecule has 2 heterocycles. The molecule has 1 aliphatic heterocycles. The fraction of sp³-hybridized carbons (Fsp3) is 0.233. The van der Waals surface area contributed by atoms with E-state index in [4.69, 9.17) is 15.2 Å². The maximum Gasteiger partial charge on any atom is 0.224 e. The summed E-state index contributed by atoms with van der Waals surface area (Å²) in [6.07, 6.45) is 0.282. The van der Waals surface area contributed by atoms with E-state index in [1.165, 1.54) is 11.8 Å².